The fourth-order valence-electron chi connectivity index (χ4n) is 2.57. The van der Waals surface area contributed by atoms with Gasteiger partial charge in [0.15, 0.2) is 11.6 Å². The van der Waals surface area contributed by atoms with Gasteiger partial charge in [0.05, 0.1) is 10.9 Å². The van der Waals surface area contributed by atoms with Crippen molar-refractivity contribution in [1.82, 2.24) is 19.9 Å². The van der Waals surface area contributed by atoms with Crippen LogP contribution in [0.4, 0.5) is 0 Å². The highest BCUT2D eigenvalue weighted by Crippen LogP contribution is 2.22. The lowest BCUT2D eigenvalue weighted by Crippen LogP contribution is -2.10. The predicted octanol–water partition coefficient (Wildman–Crippen LogP) is 3.36. The maximum absolute atomic E-state index is 12.5. The first kappa shape index (κ1) is 14.3. The summed E-state index contributed by atoms with van der Waals surface area (Å²) in [5, 5.41) is 0.548. The fourth-order valence-corrected chi connectivity index (χ4v) is 2.57. The van der Waals surface area contributed by atoms with Gasteiger partial charge in [0, 0.05) is 12.4 Å². The van der Waals surface area contributed by atoms with E-state index >= 15 is 0 Å². The smallest absolute Gasteiger partial charge is 0.259 e. The van der Waals surface area contributed by atoms with Gasteiger partial charge in [-0.25, -0.2) is 15.0 Å². The van der Waals surface area contributed by atoms with E-state index in [0.29, 0.717) is 22.6 Å². The summed E-state index contributed by atoms with van der Waals surface area (Å²) >= 11 is 0. The summed E-state index contributed by atoms with van der Waals surface area (Å²) in [6.45, 7) is 1.91. The second kappa shape index (κ2) is 5.70. The largest absolute Gasteiger partial charge is 0.303 e. The zero-order valence-electron chi connectivity index (χ0n) is 13.0. The summed E-state index contributed by atoms with van der Waals surface area (Å²) in [6, 6.07) is 15.6. The van der Waals surface area contributed by atoms with Crippen LogP contribution >= 0.6 is 0 Å². The standard InChI is InChI=1S/C19H14N4O/c1-12-10-20-17(21-11-12)18-22-16-8-7-14(9-15(16)19(24)23-18)13-5-3-2-4-6-13/h2-11H,1H3,(H,22,23,24). The van der Waals surface area contributed by atoms with E-state index in [1.54, 1.807) is 12.4 Å². The van der Waals surface area contributed by atoms with Gasteiger partial charge < -0.3 is 4.98 Å². The summed E-state index contributed by atoms with van der Waals surface area (Å²) < 4.78 is 0. The second-order valence-corrected chi connectivity index (χ2v) is 5.60. The number of H-pyrrole nitrogens is 1. The molecular weight excluding hydrogens is 300 g/mol. The van der Waals surface area contributed by atoms with Gasteiger partial charge in [-0.2, -0.15) is 0 Å². The maximum Gasteiger partial charge on any atom is 0.259 e. The number of hydrogen-bond acceptors (Lipinski definition) is 4. The van der Waals surface area contributed by atoms with Crippen molar-refractivity contribution in [1.29, 1.82) is 0 Å². The molecule has 0 atom stereocenters. The lowest BCUT2D eigenvalue weighted by Gasteiger charge is -2.05. The maximum atomic E-state index is 12.5. The first-order valence-electron chi connectivity index (χ1n) is 7.59. The van der Waals surface area contributed by atoms with E-state index in [-0.39, 0.29) is 5.56 Å². The Morgan fingerprint density at radius 1 is 0.917 bits per heavy atom. The monoisotopic (exact) mass is 314 g/mol. The van der Waals surface area contributed by atoms with Crippen LogP contribution in [-0.4, -0.2) is 19.9 Å². The van der Waals surface area contributed by atoms with Crippen molar-refractivity contribution in [3.63, 3.8) is 0 Å². The molecule has 0 bridgehead atoms. The Morgan fingerprint density at radius 3 is 2.42 bits per heavy atom. The Labute approximate surface area is 138 Å². The lowest BCUT2D eigenvalue weighted by atomic mass is 10.0. The molecule has 0 fully saturated rings. The SMILES string of the molecule is Cc1cnc(-c2nc3ccc(-c4ccccc4)cc3c(=O)[nH]2)nc1. The third-order valence-electron chi connectivity index (χ3n) is 3.81. The molecule has 0 aliphatic carbocycles. The minimum Gasteiger partial charge on any atom is -0.303 e. The molecular formula is C19H14N4O. The third kappa shape index (κ3) is 2.56. The highest BCUT2D eigenvalue weighted by Gasteiger charge is 2.09. The van der Waals surface area contributed by atoms with Gasteiger partial charge in [-0.15, -0.1) is 0 Å². The number of rotatable bonds is 2. The average Bonchev–Trinajstić information content (AvgIpc) is 2.63. The summed E-state index contributed by atoms with van der Waals surface area (Å²) in [7, 11) is 0. The molecule has 0 spiro atoms. The molecule has 2 aromatic heterocycles. The van der Waals surface area contributed by atoms with Crippen molar-refractivity contribution in [3.8, 4) is 22.8 Å². The topological polar surface area (TPSA) is 71.5 Å². The van der Waals surface area contributed by atoms with Crippen LogP contribution in [0.25, 0.3) is 33.7 Å². The zero-order valence-corrected chi connectivity index (χ0v) is 13.0. The Hall–Kier alpha value is -3.34. The van der Waals surface area contributed by atoms with Crippen LogP contribution in [0, 0.1) is 6.92 Å². The van der Waals surface area contributed by atoms with Gasteiger partial charge in [-0.05, 0) is 35.7 Å². The highest BCUT2D eigenvalue weighted by molar-refractivity contribution is 5.84. The molecule has 116 valence electrons. The van der Waals surface area contributed by atoms with Crippen LogP contribution in [-0.2, 0) is 0 Å². The van der Waals surface area contributed by atoms with Crippen molar-refractivity contribution in [2.24, 2.45) is 0 Å². The van der Waals surface area contributed by atoms with Crippen LogP contribution in [0.15, 0.2) is 65.7 Å². The zero-order chi connectivity index (χ0) is 16.5. The van der Waals surface area contributed by atoms with Gasteiger partial charge in [0.1, 0.15) is 0 Å². The number of nitrogens with zero attached hydrogens (tertiary/aromatic N) is 3. The Morgan fingerprint density at radius 2 is 1.67 bits per heavy atom. The number of aromatic nitrogens is 4. The first-order chi connectivity index (χ1) is 11.7. The van der Waals surface area contributed by atoms with Gasteiger partial charge >= 0.3 is 0 Å². The molecule has 5 nitrogen and oxygen atoms in total. The molecule has 0 radical (unpaired) electrons. The summed E-state index contributed by atoms with van der Waals surface area (Å²) in [6.07, 6.45) is 3.40. The number of hydrogen-bond donors (Lipinski definition) is 1. The highest BCUT2D eigenvalue weighted by atomic mass is 16.1. The Kier molecular flexibility index (Phi) is 3.39. The molecule has 0 unspecified atom stereocenters. The van der Waals surface area contributed by atoms with Crippen molar-refractivity contribution >= 4 is 10.9 Å². The van der Waals surface area contributed by atoms with Gasteiger partial charge in [0.25, 0.3) is 5.56 Å². The van der Waals surface area contributed by atoms with Gasteiger partial charge in [-0.1, -0.05) is 36.4 Å². The van der Waals surface area contributed by atoms with Gasteiger partial charge in [0.2, 0.25) is 0 Å². The van der Waals surface area contributed by atoms with Crippen LogP contribution in [0.1, 0.15) is 5.56 Å². The van der Waals surface area contributed by atoms with Crippen LogP contribution in [0.5, 0.6) is 0 Å². The predicted molar refractivity (Wildman–Crippen MR) is 93.6 cm³/mol. The van der Waals surface area contributed by atoms with Crippen molar-refractivity contribution in [2.75, 3.05) is 0 Å². The molecule has 4 rings (SSSR count). The number of fused-ring (bicyclic) bond motifs is 1. The van der Waals surface area contributed by atoms with E-state index < -0.39 is 0 Å². The van der Waals surface area contributed by atoms with Crippen LogP contribution < -0.4 is 5.56 Å². The molecule has 0 saturated carbocycles. The normalized spacial score (nSPS) is 10.9. The van der Waals surface area contributed by atoms with Crippen molar-refractivity contribution in [3.05, 3.63) is 76.8 Å². The summed E-state index contributed by atoms with van der Waals surface area (Å²) in [5.74, 6) is 0.784. The number of aryl methyl sites for hydroxylation is 1. The quantitative estimate of drug-likeness (QED) is 0.616. The van der Waals surface area contributed by atoms with Crippen molar-refractivity contribution in [2.45, 2.75) is 6.92 Å². The summed E-state index contributed by atoms with van der Waals surface area (Å²) in [5.41, 5.74) is 3.42. The molecule has 0 saturated heterocycles. The van der Waals surface area contributed by atoms with Crippen LogP contribution in [0.2, 0.25) is 0 Å². The minimum absolute atomic E-state index is 0.197. The first-order valence-corrected chi connectivity index (χ1v) is 7.59. The lowest BCUT2D eigenvalue weighted by molar-refractivity contribution is 1.07. The molecule has 2 heterocycles. The van der Waals surface area contributed by atoms with E-state index in [2.05, 4.69) is 19.9 Å². The molecule has 5 heteroatoms. The molecule has 1 N–H and O–H groups in total. The summed E-state index contributed by atoms with van der Waals surface area (Å²) in [4.78, 5) is 28.2. The van der Waals surface area contributed by atoms with Gasteiger partial charge in [-0.3, -0.25) is 4.79 Å². The Balaban J connectivity index is 1.85. The van der Waals surface area contributed by atoms with E-state index in [0.717, 1.165) is 16.7 Å². The van der Waals surface area contributed by atoms with Crippen LogP contribution in [0.3, 0.4) is 0 Å². The number of benzene rings is 2. The van der Waals surface area contributed by atoms with E-state index in [9.17, 15) is 4.79 Å². The molecule has 0 aliphatic heterocycles. The average molecular weight is 314 g/mol. The molecule has 0 amide bonds. The minimum atomic E-state index is -0.197. The second-order valence-electron chi connectivity index (χ2n) is 5.60. The third-order valence-corrected chi connectivity index (χ3v) is 3.81. The van der Waals surface area contributed by atoms with Crippen molar-refractivity contribution < 1.29 is 0 Å². The molecule has 2 aromatic carbocycles. The van der Waals surface area contributed by atoms with E-state index in [4.69, 9.17) is 0 Å². The molecule has 24 heavy (non-hydrogen) atoms. The molecule has 4 aromatic rings. The number of nitrogens with one attached hydrogen (secondary N) is 1. The van der Waals surface area contributed by atoms with E-state index in [1.165, 1.54) is 0 Å². The fraction of sp³-hybridized carbons (Fsp3) is 0.0526. The van der Waals surface area contributed by atoms with E-state index in [1.807, 2.05) is 55.5 Å². The Bertz CT molecular complexity index is 1070. The number of aromatic amines is 1. The molecule has 0 aliphatic rings.